The first-order valence-corrected chi connectivity index (χ1v) is 8.89. The Labute approximate surface area is 159 Å². The number of hydrogen-bond acceptors (Lipinski definition) is 6. The molecule has 0 saturated heterocycles. The predicted octanol–water partition coefficient (Wildman–Crippen LogP) is 1.06. The molecule has 0 spiro atoms. The molecule has 8 heteroatoms. The van der Waals surface area contributed by atoms with Crippen LogP contribution in [0.25, 0.3) is 0 Å². The molecule has 1 aromatic heterocycles. The quantitative estimate of drug-likeness (QED) is 0.346. The zero-order chi connectivity index (χ0) is 19.8. The van der Waals surface area contributed by atoms with Crippen LogP contribution >= 0.6 is 0 Å². The number of Topliss-reactive ketones (excluding diaryl/α,β-unsaturated/α-hetero) is 1. The number of ketones is 1. The first kappa shape index (κ1) is 20.7. The van der Waals surface area contributed by atoms with E-state index in [2.05, 4.69) is 15.3 Å². The number of nitrogens with one attached hydrogen (secondary N) is 1. The van der Waals surface area contributed by atoms with E-state index in [4.69, 9.17) is 0 Å². The molecule has 7 nitrogen and oxygen atoms in total. The van der Waals surface area contributed by atoms with Gasteiger partial charge in [-0.15, -0.1) is 0 Å². The maximum absolute atomic E-state index is 12.9. The van der Waals surface area contributed by atoms with E-state index in [-0.39, 0.29) is 18.0 Å². The molecule has 2 atom stereocenters. The highest BCUT2D eigenvalue weighted by molar-refractivity contribution is 6.43. The van der Waals surface area contributed by atoms with E-state index >= 15 is 0 Å². The number of amides is 1. The van der Waals surface area contributed by atoms with Crippen LogP contribution in [-0.4, -0.2) is 44.8 Å². The summed E-state index contributed by atoms with van der Waals surface area (Å²) in [5, 5.41) is 21.8. The minimum Gasteiger partial charge on any atom is -0.426 e. The molecule has 0 bridgehead atoms. The van der Waals surface area contributed by atoms with Crippen LogP contribution in [0.1, 0.15) is 36.3 Å². The Balaban J connectivity index is 2.25. The fraction of sp³-hybridized carbons (Fsp3) is 0.368. The normalized spacial score (nSPS) is 13.1. The lowest BCUT2D eigenvalue weighted by Crippen LogP contribution is -2.50. The number of nitrogens with zero attached hydrogens (tertiary/aromatic N) is 2. The summed E-state index contributed by atoms with van der Waals surface area (Å²) in [5.41, 5.74) is 0.915. The first-order valence-electron chi connectivity index (χ1n) is 8.89. The maximum Gasteiger partial charge on any atom is 0.475 e. The summed E-state index contributed by atoms with van der Waals surface area (Å²) in [5.74, 6) is -2.78. The second-order valence-corrected chi connectivity index (χ2v) is 6.86. The molecule has 0 unspecified atom stereocenters. The molecule has 0 radical (unpaired) electrons. The van der Waals surface area contributed by atoms with E-state index < -0.39 is 30.7 Å². The van der Waals surface area contributed by atoms with Crippen LogP contribution in [0.15, 0.2) is 48.9 Å². The highest BCUT2D eigenvalue weighted by Gasteiger charge is 2.33. The molecule has 2 rings (SSSR count). The van der Waals surface area contributed by atoms with Crippen molar-refractivity contribution >= 4 is 18.8 Å². The summed E-state index contributed by atoms with van der Waals surface area (Å²) in [6.45, 7) is 3.82. The van der Waals surface area contributed by atoms with Crippen LogP contribution in [-0.2, 0) is 11.2 Å². The molecule has 0 fully saturated rings. The van der Waals surface area contributed by atoms with Gasteiger partial charge in [-0.2, -0.15) is 0 Å². The van der Waals surface area contributed by atoms with Gasteiger partial charge in [-0.25, -0.2) is 4.98 Å². The summed E-state index contributed by atoms with van der Waals surface area (Å²) in [7, 11) is -1.71. The van der Waals surface area contributed by atoms with Crippen molar-refractivity contribution in [3.05, 3.63) is 60.2 Å². The van der Waals surface area contributed by atoms with Crippen molar-refractivity contribution < 1.29 is 19.6 Å². The van der Waals surface area contributed by atoms with Crippen LogP contribution in [0.5, 0.6) is 0 Å². The fourth-order valence-corrected chi connectivity index (χ4v) is 2.81. The summed E-state index contributed by atoms with van der Waals surface area (Å²) in [4.78, 5) is 33.6. The third-order valence-corrected chi connectivity index (χ3v) is 4.14. The molecule has 0 saturated carbocycles. The molecule has 0 aliphatic heterocycles. The maximum atomic E-state index is 12.9. The second kappa shape index (κ2) is 9.94. The van der Waals surface area contributed by atoms with Gasteiger partial charge in [0.15, 0.2) is 5.78 Å². The summed E-state index contributed by atoms with van der Waals surface area (Å²) in [6, 6.07) is 9.17. The summed E-state index contributed by atoms with van der Waals surface area (Å²) >= 11 is 0. The van der Waals surface area contributed by atoms with E-state index in [1.54, 1.807) is 0 Å². The Hall–Kier alpha value is -2.58. The number of carbonyl (C=O) groups is 2. The lowest BCUT2D eigenvalue weighted by atomic mass is 9.74. The Morgan fingerprint density at radius 2 is 1.85 bits per heavy atom. The van der Waals surface area contributed by atoms with Crippen molar-refractivity contribution in [1.29, 1.82) is 0 Å². The minimum absolute atomic E-state index is 0.0959. The average molecular weight is 369 g/mol. The number of carbonyl (C=O) groups excluding carboxylic acids is 2. The lowest BCUT2D eigenvalue weighted by molar-refractivity contribution is -0.124. The van der Waals surface area contributed by atoms with E-state index in [9.17, 15) is 19.6 Å². The molecule has 1 heterocycles. The number of hydrogen-bond donors (Lipinski definition) is 3. The van der Waals surface area contributed by atoms with Crippen molar-refractivity contribution in [2.45, 2.75) is 32.6 Å². The van der Waals surface area contributed by atoms with Gasteiger partial charge in [-0.1, -0.05) is 44.2 Å². The highest BCUT2D eigenvalue weighted by atomic mass is 16.4. The second-order valence-electron chi connectivity index (χ2n) is 6.86. The van der Waals surface area contributed by atoms with Crippen LogP contribution in [0.3, 0.4) is 0 Å². The molecule has 142 valence electrons. The average Bonchev–Trinajstić information content (AvgIpc) is 2.66. The molecule has 0 aliphatic rings. The molecule has 1 amide bonds. The summed E-state index contributed by atoms with van der Waals surface area (Å²) < 4.78 is 0. The van der Waals surface area contributed by atoms with Crippen molar-refractivity contribution in [2.24, 2.45) is 11.8 Å². The van der Waals surface area contributed by atoms with Gasteiger partial charge < -0.3 is 15.4 Å². The monoisotopic (exact) mass is 369 g/mol. The standard InChI is InChI=1S/C19H24BN3O4/c1-13(2)10-17(20(26)27)23-19(25)15(11-14-6-4-3-5-7-14)18(24)16-12-21-8-9-22-16/h3-9,12-13,15,17,26-27H,10-11H2,1-2H3,(H,23,25)/t15-,17+/m1/s1. The van der Waals surface area contributed by atoms with Gasteiger partial charge >= 0.3 is 7.12 Å². The number of aromatic nitrogens is 2. The number of benzene rings is 1. The zero-order valence-electron chi connectivity index (χ0n) is 15.4. The van der Waals surface area contributed by atoms with Crippen LogP contribution in [0.2, 0.25) is 0 Å². The molecule has 1 aromatic carbocycles. The van der Waals surface area contributed by atoms with Gasteiger partial charge in [0.25, 0.3) is 0 Å². The Kier molecular flexibility index (Phi) is 7.63. The molecular weight excluding hydrogens is 345 g/mol. The third kappa shape index (κ3) is 6.27. The Morgan fingerprint density at radius 1 is 1.15 bits per heavy atom. The third-order valence-electron chi connectivity index (χ3n) is 4.14. The van der Waals surface area contributed by atoms with Gasteiger partial charge in [-0.3, -0.25) is 14.6 Å². The Morgan fingerprint density at radius 3 is 2.41 bits per heavy atom. The predicted molar refractivity (Wildman–Crippen MR) is 102 cm³/mol. The van der Waals surface area contributed by atoms with E-state index in [0.29, 0.717) is 6.42 Å². The van der Waals surface area contributed by atoms with Gasteiger partial charge in [0, 0.05) is 12.4 Å². The molecular formula is C19H24BN3O4. The van der Waals surface area contributed by atoms with Crippen LogP contribution < -0.4 is 5.32 Å². The van der Waals surface area contributed by atoms with E-state index in [1.807, 2.05) is 44.2 Å². The fourth-order valence-electron chi connectivity index (χ4n) is 2.81. The van der Waals surface area contributed by atoms with E-state index in [0.717, 1.165) is 5.56 Å². The Bertz CT molecular complexity index is 741. The largest absolute Gasteiger partial charge is 0.475 e. The van der Waals surface area contributed by atoms with Gasteiger partial charge in [0.1, 0.15) is 11.6 Å². The SMILES string of the molecule is CC(C)C[C@H](NC(=O)[C@H](Cc1ccccc1)C(=O)c1cnccn1)B(O)O. The summed E-state index contributed by atoms with van der Waals surface area (Å²) in [6.07, 6.45) is 4.71. The topological polar surface area (TPSA) is 112 Å². The van der Waals surface area contributed by atoms with Crippen molar-refractivity contribution in [1.82, 2.24) is 15.3 Å². The van der Waals surface area contributed by atoms with Crippen molar-refractivity contribution in [3.8, 4) is 0 Å². The first-order chi connectivity index (χ1) is 12.9. The van der Waals surface area contributed by atoms with E-state index in [1.165, 1.54) is 18.6 Å². The smallest absolute Gasteiger partial charge is 0.426 e. The number of rotatable bonds is 9. The van der Waals surface area contributed by atoms with Gasteiger partial charge in [0.05, 0.1) is 12.1 Å². The highest BCUT2D eigenvalue weighted by Crippen LogP contribution is 2.15. The molecule has 0 aliphatic carbocycles. The van der Waals surface area contributed by atoms with Crippen molar-refractivity contribution in [3.63, 3.8) is 0 Å². The zero-order valence-corrected chi connectivity index (χ0v) is 15.4. The van der Waals surface area contributed by atoms with Crippen LogP contribution in [0.4, 0.5) is 0 Å². The lowest BCUT2D eigenvalue weighted by Gasteiger charge is -2.23. The van der Waals surface area contributed by atoms with Crippen LogP contribution in [0, 0.1) is 11.8 Å². The molecule has 2 aromatic rings. The molecule has 27 heavy (non-hydrogen) atoms. The van der Waals surface area contributed by atoms with Crippen molar-refractivity contribution in [2.75, 3.05) is 0 Å². The van der Waals surface area contributed by atoms with Gasteiger partial charge in [-0.05, 0) is 24.3 Å². The van der Waals surface area contributed by atoms with Gasteiger partial charge in [0.2, 0.25) is 5.91 Å². The molecule has 3 N–H and O–H groups in total. The minimum atomic E-state index is -1.71.